The van der Waals surface area contributed by atoms with E-state index in [-0.39, 0.29) is 17.5 Å². The van der Waals surface area contributed by atoms with Crippen molar-refractivity contribution in [2.45, 2.75) is 25.4 Å². The Morgan fingerprint density at radius 3 is 2.54 bits per heavy atom. The lowest BCUT2D eigenvalue weighted by Crippen LogP contribution is -2.39. The molecule has 0 fully saturated rings. The standard InChI is InChI=1S/C19H21NO4/c1-23-17-8-12-5-6-20-10-14-11(3-4-16(21)19(14)22)7-15(20)13(12)9-18(17)24-2/h3-4,8-9,15,21-22H,5-7,10H2,1-2H3/t15-/m1/s1. The quantitative estimate of drug-likeness (QED) is 0.831. The molecule has 2 aromatic rings. The third-order valence-electron chi connectivity index (χ3n) is 5.25. The van der Waals surface area contributed by atoms with E-state index in [0.717, 1.165) is 42.0 Å². The molecule has 4 rings (SSSR count). The predicted molar refractivity (Wildman–Crippen MR) is 89.9 cm³/mol. The van der Waals surface area contributed by atoms with Gasteiger partial charge >= 0.3 is 0 Å². The van der Waals surface area contributed by atoms with E-state index in [0.29, 0.717) is 6.54 Å². The summed E-state index contributed by atoms with van der Waals surface area (Å²) in [5, 5.41) is 19.9. The molecule has 0 aromatic heterocycles. The Bertz CT molecular complexity index is 802. The zero-order valence-corrected chi connectivity index (χ0v) is 13.9. The van der Waals surface area contributed by atoms with Crippen LogP contribution in [-0.4, -0.2) is 35.9 Å². The number of aromatic hydroxyl groups is 2. The van der Waals surface area contributed by atoms with Gasteiger partial charge < -0.3 is 19.7 Å². The minimum absolute atomic E-state index is 0.0176. The van der Waals surface area contributed by atoms with Gasteiger partial charge in [0.2, 0.25) is 0 Å². The fourth-order valence-electron chi connectivity index (χ4n) is 3.95. The molecule has 2 heterocycles. The molecule has 0 saturated carbocycles. The first-order chi connectivity index (χ1) is 11.6. The van der Waals surface area contributed by atoms with E-state index in [1.165, 1.54) is 11.1 Å². The summed E-state index contributed by atoms with van der Waals surface area (Å²) in [6.45, 7) is 1.57. The van der Waals surface area contributed by atoms with Gasteiger partial charge in [0.1, 0.15) is 0 Å². The van der Waals surface area contributed by atoms with Crippen LogP contribution in [0.5, 0.6) is 23.0 Å². The van der Waals surface area contributed by atoms with Crippen LogP contribution in [-0.2, 0) is 19.4 Å². The summed E-state index contributed by atoms with van der Waals surface area (Å²) in [5.41, 5.74) is 4.49. The van der Waals surface area contributed by atoms with E-state index in [4.69, 9.17) is 9.47 Å². The lowest BCUT2D eigenvalue weighted by Gasteiger charge is -2.41. The molecule has 5 nitrogen and oxygen atoms in total. The second-order valence-electron chi connectivity index (χ2n) is 6.42. The maximum atomic E-state index is 10.2. The highest BCUT2D eigenvalue weighted by Crippen LogP contribution is 2.45. The summed E-state index contributed by atoms with van der Waals surface area (Å²) in [4.78, 5) is 2.36. The first-order valence-electron chi connectivity index (χ1n) is 8.14. The second kappa shape index (κ2) is 5.60. The van der Waals surface area contributed by atoms with Crippen LogP contribution in [0.1, 0.15) is 28.3 Å². The molecule has 0 radical (unpaired) electrons. The zero-order chi connectivity index (χ0) is 16.8. The molecule has 2 aliphatic rings. The van der Waals surface area contributed by atoms with Crippen molar-refractivity contribution in [3.63, 3.8) is 0 Å². The molecule has 5 heteroatoms. The summed E-state index contributed by atoms with van der Waals surface area (Å²) in [7, 11) is 3.31. The second-order valence-corrected chi connectivity index (χ2v) is 6.42. The first kappa shape index (κ1) is 15.1. The summed E-state index contributed by atoms with van der Waals surface area (Å²) < 4.78 is 10.9. The van der Waals surface area contributed by atoms with Crippen LogP contribution < -0.4 is 9.47 Å². The van der Waals surface area contributed by atoms with Crippen LogP contribution >= 0.6 is 0 Å². The fraction of sp³-hybridized carbons (Fsp3) is 0.368. The minimum Gasteiger partial charge on any atom is -0.504 e. The number of phenolic OH excluding ortho intramolecular Hbond substituents is 2. The number of phenols is 2. The third-order valence-corrected chi connectivity index (χ3v) is 5.25. The van der Waals surface area contributed by atoms with E-state index in [2.05, 4.69) is 17.0 Å². The highest BCUT2D eigenvalue weighted by molar-refractivity contribution is 5.53. The predicted octanol–water partition coefficient (Wildman–Crippen LogP) is 2.77. The molecule has 24 heavy (non-hydrogen) atoms. The number of methoxy groups -OCH3 is 2. The van der Waals surface area contributed by atoms with Gasteiger partial charge in [-0.15, -0.1) is 0 Å². The van der Waals surface area contributed by atoms with Crippen LogP contribution in [0.4, 0.5) is 0 Å². The fourth-order valence-corrected chi connectivity index (χ4v) is 3.95. The van der Waals surface area contributed by atoms with Gasteiger partial charge in [0.15, 0.2) is 23.0 Å². The molecule has 1 atom stereocenters. The maximum Gasteiger partial charge on any atom is 0.162 e. The zero-order valence-electron chi connectivity index (χ0n) is 13.9. The van der Waals surface area contributed by atoms with E-state index < -0.39 is 0 Å². The lowest BCUT2D eigenvalue weighted by atomic mass is 9.83. The van der Waals surface area contributed by atoms with Crippen LogP contribution in [0.2, 0.25) is 0 Å². The van der Waals surface area contributed by atoms with Crippen molar-refractivity contribution >= 4 is 0 Å². The highest BCUT2D eigenvalue weighted by atomic mass is 16.5. The van der Waals surface area contributed by atoms with Crippen molar-refractivity contribution in [2.75, 3.05) is 20.8 Å². The molecule has 0 spiro atoms. The Morgan fingerprint density at radius 2 is 1.79 bits per heavy atom. The first-order valence-corrected chi connectivity index (χ1v) is 8.14. The molecule has 0 saturated heterocycles. The highest BCUT2D eigenvalue weighted by Gasteiger charge is 2.34. The molecule has 126 valence electrons. The van der Waals surface area contributed by atoms with Crippen LogP contribution in [0.25, 0.3) is 0 Å². The molecule has 2 aromatic carbocycles. The Hall–Kier alpha value is -2.40. The maximum absolute atomic E-state index is 10.2. The van der Waals surface area contributed by atoms with Crippen molar-refractivity contribution in [3.05, 3.63) is 46.5 Å². The van der Waals surface area contributed by atoms with Gasteiger partial charge in [-0.1, -0.05) is 6.07 Å². The number of hydrogen-bond donors (Lipinski definition) is 2. The van der Waals surface area contributed by atoms with Crippen molar-refractivity contribution in [1.82, 2.24) is 4.90 Å². The summed E-state index contributed by atoms with van der Waals surface area (Å²) in [5.74, 6) is 1.49. The molecule has 0 bridgehead atoms. The Morgan fingerprint density at radius 1 is 1.04 bits per heavy atom. The van der Waals surface area contributed by atoms with E-state index in [1.54, 1.807) is 20.3 Å². The van der Waals surface area contributed by atoms with E-state index in [9.17, 15) is 10.2 Å². The molecule has 0 amide bonds. The van der Waals surface area contributed by atoms with Gasteiger partial charge in [-0.05, 0) is 47.7 Å². The van der Waals surface area contributed by atoms with Crippen molar-refractivity contribution < 1.29 is 19.7 Å². The average molecular weight is 327 g/mol. The van der Waals surface area contributed by atoms with Crippen LogP contribution in [0.15, 0.2) is 24.3 Å². The van der Waals surface area contributed by atoms with Crippen LogP contribution in [0, 0.1) is 0 Å². The Balaban J connectivity index is 1.78. The van der Waals surface area contributed by atoms with Gasteiger partial charge in [-0.25, -0.2) is 0 Å². The minimum atomic E-state index is -0.0454. The van der Waals surface area contributed by atoms with Crippen LogP contribution in [0.3, 0.4) is 0 Å². The molecular formula is C19H21NO4. The SMILES string of the molecule is COc1cc2c(cc1OC)[C@H]1Cc3ccc(O)c(O)c3CN1CC2. The van der Waals surface area contributed by atoms with Gasteiger partial charge in [0.05, 0.1) is 14.2 Å². The lowest BCUT2D eigenvalue weighted by molar-refractivity contribution is 0.157. The average Bonchev–Trinajstić information content (AvgIpc) is 2.62. The molecule has 0 aliphatic carbocycles. The van der Waals surface area contributed by atoms with E-state index >= 15 is 0 Å². The molecule has 2 N–H and O–H groups in total. The van der Waals surface area contributed by atoms with Crippen molar-refractivity contribution in [2.24, 2.45) is 0 Å². The van der Waals surface area contributed by atoms with Crippen molar-refractivity contribution in [3.8, 4) is 23.0 Å². The van der Waals surface area contributed by atoms with Crippen molar-refractivity contribution in [1.29, 1.82) is 0 Å². The van der Waals surface area contributed by atoms with Gasteiger partial charge in [0, 0.05) is 24.7 Å². The molecule has 2 aliphatic heterocycles. The third kappa shape index (κ3) is 2.19. The number of nitrogens with zero attached hydrogens (tertiary/aromatic N) is 1. The normalized spacial score (nSPS) is 19.2. The number of rotatable bonds is 2. The Kier molecular flexibility index (Phi) is 3.53. The smallest absolute Gasteiger partial charge is 0.162 e. The number of benzene rings is 2. The molecular weight excluding hydrogens is 306 g/mol. The largest absolute Gasteiger partial charge is 0.504 e. The molecule has 0 unspecified atom stereocenters. The Labute approximate surface area is 141 Å². The van der Waals surface area contributed by atoms with E-state index in [1.807, 2.05) is 6.07 Å². The summed E-state index contributed by atoms with van der Waals surface area (Å²) >= 11 is 0. The summed E-state index contributed by atoms with van der Waals surface area (Å²) in [6, 6.07) is 7.90. The topological polar surface area (TPSA) is 62.2 Å². The summed E-state index contributed by atoms with van der Waals surface area (Å²) in [6.07, 6.45) is 1.74. The van der Waals surface area contributed by atoms with Gasteiger partial charge in [-0.2, -0.15) is 0 Å². The van der Waals surface area contributed by atoms with Gasteiger partial charge in [-0.3, -0.25) is 4.90 Å². The van der Waals surface area contributed by atoms with Gasteiger partial charge in [0.25, 0.3) is 0 Å². The number of fused-ring (bicyclic) bond motifs is 4. The number of hydrogen-bond acceptors (Lipinski definition) is 5. The number of ether oxygens (including phenoxy) is 2. The monoisotopic (exact) mass is 327 g/mol.